The highest BCUT2D eigenvalue weighted by molar-refractivity contribution is 4.82. The van der Waals surface area contributed by atoms with Gasteiger partial charge >= 0.3 is 0 Å². The quantitative estimate of drug-likeness (QED) is 0.570. The van der Waals surface area contributed by atoms with Gasteiger partial charge in [0.25, 0.3) is 0 Å². The van der Waals surface area contributed by atoms with E-state index in [2.05, 4.69) is 4.90 Å². The van der Waals surface area contributed by atoms with Crippen molar-refractivity contribution in [2.75, 3.05) is 33.4 Å². The van der Waals surface area contributed by atoms with Gasteiger partial charge in [0.05, 0.1) is 12.2 Å². The summed E-state index contributed by atoms with van der Waals surface area (Å²) in [7, 11) is 1.70. The Morgan fingerprint density at radius 3 is 2.38 bits per heavy atom. The van der Waals surface area contributed by atoms with Gasteiger partial charge in [-0.3, -0.25) is 4.90 Å². The van der Waals surface area contributed by atoms with Crippen molar-refractivity contribution in [3.63, 3.8) is 0 Å². The molecule has 1 rings (SSSR count). The highest BCUT2D eigenvalue weighted by atomic mass is 16.5. The number of likely N-dealkylation sites (tertiary alicyclic amines) is 1. The molecule has 0 aromatic heterocycles. The zero-order chi connectivity index (χ0) is 9.68. The largest absolute Gasteiger partial charge is 0.389 e. The zero-order valence-electron chi connectivity index (χ0n) is 8.15. The zero-order valence-corrected chi connectivity index (χ0v) is 8.15. The van der Waals surface area contributed by atoms with Crippen LogP contribution in [0.5, 0.6) is 0 Å². The molecule has 0 saturated carbocycles. The van der Waals surface area contributed by atoms with Gasteiger partial charge in [-0.1, -0.05) is 0 Å². The number of unbranched alkanes of at least 4 members (excludes halogenated alkanes) is 1. The van der Waals surface area contributed by atoms with E-state index in [0.29, 0.717) is 13.1 Å². The lowest BCUT2D eigenvalue weighted by Gasteiger charge is -2.13. The van der Waals surface area contributed by atoms with Gasteiger partial charge in [-0.2, -0.15) is 0 Å². The fraction of sp³-hybridized carbons (Fsp3) is 1.00. The number of aliphatic hydroxyl groups is 2. The minimum Gasteiger partial charge on any atom is -0.389 e. The molecule has 4 nitrogen and oxygen atoms in total. The van der Waals surface area contributed by atoms with Crippen LogP contribution in [0.4, 0.5) is 0 Å². The molecule has 2 atom stereocenters. The minimum atomic E-state index is -0.553. The summed E-state index contributed by atoms with van der Waals surface area (Å²) in [5.41, 5.74) is 0. The smallest absolute Gasteiger partial charge is 0.0938 e. The van der Waals surface area contributed by atoms with E-state index >= 15 is 0 Å². The predicted octanol–water partition coefficient (Wildman–Crippen LogP) is -0.550. The Kier molecular flexibility index (Phi) is 4.66. The van der Waals surface area contributed by atoms with Crippen LogP contribution in [0.15, 0.2) is 0 Å². The Morgan fingerprint density at radius 1 is 1.23 bits per heavy atom. The third-order valence-corrected chi connectivity index (χ3v) is 2.41. The number of methoxy groups -OCH3 is 1. The molecule has 1 aliphatic rings. The Bertz CT molecular complexity index is 133. The molecule has 1 fully saturated rings. The van der Waals surface area contributed by atoms with Gasteiger partial charge in [0.1, 0.15) is 0 Å². The van der Waals surface area contributed by atoms with Crippen LogP contribution in [0, 0.1) is 0 Å². The number of ether oxygens (including phenoxy) is 1. The second kappa shape index (κ2) is 5.54. The summed E-state index contributed by atoms with van der Waals surface area (Å²) in [4.78, 5) is 2.09. The molecule has 0 amide bonds. The van der Waals surface area contributed by atoms with E-state index < -0.39 is 12.2 Å². The van der Waals surface area contributed by atoms with E-state index in [-0.39, 0.29) is 0 Å². The van der Waals surface area contributed by atoms with E-state index in [1.165, 1.54) is 0 Å². The van der Waals surface area contributed by atoms with Crippen LogP contribution in [-0.4, -0.2) is 60.7 Å². The topological polar surface area (TPSA) is 52.9 Å². The van der Waals surface area contributed by atoms with Crippen LogP contribution in [0.1, 0.15) is 12.8 Å². The third kappa shape index (κ3) is 3.60. The van der Waals surface area contributed by atoms with Crippen molar-refractivity contribution in [2.45, 2.75) is 25.0 Å². The van der Waals surface area contributed by atoms with Crippen molar-refractivity contribution in [3.05, 3.63) is 0 Å². The maximum Gasteiger partial charge on any atom is 0.0938 e. The highest BCUT2D eigenvalue weighted by Gasteiger charge is 2.28. The molecule has 2 N–H and O–H groups in total. The number of hydrogen-bond acceptors (Lipinski definition) is 4. The molecule has 0 spiro atoms. The fourth-order valence-electron chi connectivity index (χ4n) is 1.61. The van der Waals surface area contributed by atoms with Crippen molar-refractivity contribution < 1.29 is 14.9 Å². The number of hydrogen-bond donors (Lipinski definition) is 2. The first-order chi connectivity index (χ1) is 6.24. The van der Waals surface area contributed by atoms with Crippen LogP contribution < -0.4 is 0 Å². The summed E-state index contributed by atoms with van der Waals surface area (Å²) < 4.78 is 4.93. The lowest BCUT2D eigenvalue weighted by molar-refractivity contribution is 0.0572. The fourth-order valence-corrected chi connectivity index (χ4v) is 1.61. The van der Waals surface area contributed by atoms with Gasteiger partial charge < -0.3 is 14.9 Å². The van der Waals surface area contributed by atoms with E-state index in [9.17, 15) is 10.2 Å². The second-order valence-corrected chi connectivity index (χ2v) is 3.59. The third-order valence-electron chi connectivity index (χ3n) is 2.41. The average Bonchev–Trinajstić information content (AvgIpc) is 2.41. The molecule has 0 aromatic rings. The molecule has 0 aromatic carbocycles. The lowest BCUT2D eigenvalue weighted by Crippen LogP contribution is -2.23. The molecule has 1 aliphatic heterocycles. The summed E-state index contributed by atoms with van der Waals surface area (Å²) in [6.45, 7) is 2.94. The van der Waals surface area contributed by atoms with Gasteiger partial charge in [-0.05, 0) is 19.4 Å². The maximum atomic E-state index is 9.25. The maximum absolute atomic E-state index is 9.25. The van der Waals surface area contributed by atoms with Crippen molar-refractivity contribution in [1.82, 2.24) is 4.90 Å². The van der Waals surface area contributed by atoms with Gasteiger partial charge in [-0.25, -0.2) is 0 Å². The van der Waals surface area contributed by atoms with Crippen molar-refractivity contribution in [1.29, 1.82) is 0 Å². The van der Waals surface area contributed by atoms with Crippen LogP contribution >= 0.6 is 0 Å². The minimum absolute atomic E-state index is 0.553. The molecule has 1 saturated heterocycles. The van der Waals surface area contributed by atoms with Crippen molar-refractivity contribution >= 4 is 0 Å². The monoisotopic (exact) mass is 189 g/mol. The molecule has 2 unspecified atom stereocenters. The van der Waals surface area contributed by atoms with Gasteiger partial charge in [0.2, 0.25) is 0 Å². The van der Waals surface area contributed by atoms with Gasteiger partial charge in [0.15, 0.2) is 0 Å². The van der Waals surface area contributed by atoms with Gasteiger partial charge in [-0.15, -0.1) is 0 Å². The SMILES string of the molecule is COCCCCN1CC(O)C(O)C1. The molecule has 78 valence electrons. The molecule has 0 aliphatic carbocycles. The van der Waals surface area contributed by atoms with Crippen molar-refractivity contribution in [2.24, 2.45) is 0 Å². The molecule has 1 heterocycles. The normalized spacial score (nSPS) is 29.8. The summed E-state index contributed by atoms with van der Waals surface area (Å²) in [5.74, 6) is 0. The number of β-amino-alcohol motifs (C(OH)–C–C–N with tert-alkyl or cyclic N) is 2. The first-order valence-electron chi connectivity index (χ1n) is 4.81. The molecule has 4 heteroatoms. The second-order valence-electron chi connectivity index (χ2n) is 3.59. The Morgan fingerprint density at radius 2 is 1.85 bits per heavy atom. The number of nitrogens with zero attached hydrogens (tertiary/aromatic N) is 1. The molecule has 0 bridgehead atoms. The summed E-state index contributed by atoms with van der Waals surface area (Å²) >= 11 is 0. The average molecular weight is 189 g/mol. The van der Waals surface area contributed by atoms with Crippen LogP contribution in [0.25, 0.3) is 0 Å². The summed E-state index contributed by atoms with van der Waals surface area (Å²) in [6.07, 6.45) is 0.997. The Balaban J connectivity index is 2.03. The van der Waals surface area contributed by atoms with Crippen LogP contribution in [-0.2, 0) is 4.74 Å². The van der Waals surface area contributed by atoms with Crippen molar-refractivity contribution in [3.8, 4) is 0 Å². The highest BCUT2D eigenvalue weighted by Crippen LogP contribution is 2.10. The van der Waals surface area contributed by atoms with E-state index in [4.69, 9.17) is 4.74 Å². The molecule has 13 heavy (non-hydrogen) atoms. The predicted molar refractivity (Wildman–Crippen MR) is 49.6 cm³/mol. The molecular weight excluding hydrogens is 170 g/mol. The first-order valence-corrected chi connectivity index (χ1v) is 4.81. The first kappa shape index (κ1) is 10.9. The van der Waals surface area contributed by atoms with Crippen LogP contribution in [0.2, 0.25) is 0 Å². The molecular formula is C9H19NO3. The van der Waals surface area contributed by atoms with E-state index in [1.807, 2.05) is 0 Å². The Hall–Kier alpha value is -0.160. The summed E-state index contributed by atoms with van der Waals surface area (Å²) in [5, 5.41) is 18.5. The van der Waals surface area contributed by atoms with Gasteiger partial charge in [0, 0.05) is 26.8 Å². The lowest BCUT2D eigenvalue weighted by atomic mass is 10.3. The number of aliphatic hydroxyl groups excluding tert-OH is 2. The standard InChI is InChI=1S/C9H19NO3/c1-13-5-3-2-4-10-6-8(11)9(12)7-10/h8-9,11-12H,2-7H2,1H3. The van der Waals surface area contributed by atoms with E-state index in [1.54, 1.807) is 7.11 Å². The Labute approximate surface area is 79.1 Å². The molecule has 0 radical (unpaired) electrons. The van der Waals surface area contributed by atoms with Crippen LogP contribution in [0.3, 0.4) is 0 Å². The van der Waals surface area contributed by atoms with E-state index in [0.717, 1.165) is 26.0 Å². The summed E-state index contributed by atoms with van der Waals surface area (Å²) in [6, 6.07) is 0. The number of rotatable bonds is 5.